The smallest absolute Gasteiger partial charge is 0.247 e. The van der Waals surface area contributed by atoms with Crippen molar-refractivity contribution in [2.45, 2.75) is 57.3 Å². The fourth-order valence-corrected chi connectivity index (χ4v) is 4.10. The number of carbonyl (C=O) groups excluding carboxylic acids is 1. The van der Waals surface area contributed by atoms with Crippen LogP contribution in [0.15, 0.2) is 24.5 Å². The van der Waals surface area contributed by atoms with Gasteiger partial charge in [-0.25, -0.2) is 9.97 Å². The topological polar surface area (TPSA) is 89.5 Å². The van der Waals surface area contributed by atoms with Gasteiger partial charge in [0.15, 0.2) is 11.6 Å². The van der Waals surface area contributed by atoms with Gasteiger partial charge < -0.3 is 14.8 Å². The maximum absolute atomic E-state index is 12.8. The number of fused-ring (bicyclic) bond motifs is 1. The van der Waals surface area contributed by atoms with Gasteiger partial charge in [-0.15, -0.1) is 0 Å². The number of carbonyl (C=O) groups is 1. The number of pyridine rings is 1. The van der Waals surface area contributed by atoms with Gasteiger partial charge >= 0.3 is 0 Å². The van der Waals surface area contributed by atoms with Crippen molar-refractivity contribution in [3.8, 4) is 11.3 Å². The molecule has 4 rings (SSSR count). The van der Waals surface area contributed by atoms with Crippen LogP contribution in [0.25, 0.3) is 11.3 Å². The lowest BCUT2D eigenvalue weighted by atomic mass is 9.91. The van der Waals surface area contributed by atoms with Crippen LogP contribution in [-0.4, -0.2) is 53.8 Å². The van der Waals surface area contributed by atoms with E-state index in [1.54, 1.807) is 26.6 Å². The maximum Gasteiger partial charge on any atom is 0.247 e. The molecule has 1 aliphatic carbocycles. The van der Waals surface area contributed by atoms with E-state index in [1.165, 1.54) is 0 Å². The first-order valence-electron chi connectivity index (χ1n) is 10.4. The fraction of sp³-hybridized carbons (Fsp3) is 0.545. The minimum absolute atomic E-state index is 0.0325. The van der Waals surface area contributed by atoms with Crippen molar-refractivity contribution in [1.82, 2.24) is 15.0 Å². The summed E-state index contributed by atoms with van der Waals surface area (Å²) in [6, 6.07) is 4.02. The standard InChI is InChI=1S/C22H29N5O3/c1-22(2,30-4)18-10-5-14(11-23-18)17-12-24-20-21(26-17)27(19(28)13-25-20)15-6-8-16(29-3)9-7-15/h5,10-12,15-16H,6-9,13H2,1-4H3,(H,24,25). The Morgan fingerprint density at radius 2 is 1.87 bits per heavy atom. The molecule has 0 aromatic carbocycles. The van der Waals surface area contributed by atoms with Crippen LogP contribution in [0.2, 0.25) is 0 Å². The van der Waals surface area contributed by atoms with Crippen molar-refractivity contribution in [2.75, 3.05) is 31.0 Å². The highest BCUT2D eigenvalue weighted by Crippen LogP contribution is 2.34. The first-order chi connectivity index (χ1) is 14.4. The van der Waals surface area contributed by atoms with Gasteiger partial charge in [0, 0.05) is 32.0 Å². The molecular weight excluding hydrogens is 382 g/mol. The molecule has 0 atom stereocenters. The van der Waals surface area contributed by atoms with Crippen molar-refractivity contribution < 1.29 is 14.3 Å². The third-order valence-corrected chi connectivity index (χ3v) is 6.19. The highest BCUT2D eigenvalue weighted by molar-refractivity contribution is 6.01. The number of hydrogen-bond donors (Lipinski definition) is 1. The number of amides is 1. The molecular formula is C22H29N5O3. The third kappa shape index (κ3) is 3.89. The maximum atomic E-state index is 12.8. The molecule has 0 saturated heterocycles. The van der Waals surface area contributed by atoms with Gasteiger partial charge in [-0.3, -0.25) is 14.7 Å². The lowest BCUT2D eigenvalue weighted by molar-refractivity contribution is -0.118. The lowest BCUT2D eigenvalue weighted by Crippen LogP contribution is -2.49. The van der Waals surface area contributed by atoms with Crippen molar-refractivity contribution in [2.24, 2.45) is 0 Å². The summed E-state index contributed by atoms with van der Waals surface area (Å²) in [5, 5.41) is 3.10. The molecule has 8 heteroatoms. The Morgan fingerprint density at radius 3 is 2.50 bits per heavy atom. The Morgan fingerprint density at radius 1 is 1.10 bits per heavy atom. The molecule has 2 aromatic rings. The zero-order valence-electron chi connectivity index (χ0n) is 18.0. The first-order valence-corrected chi connectivity index (χ1v) is 10.4. The van der Waals surface area contributed by atoms with Crippen molar-refractivity contribution >= 4 is 17.5 Å². The molecule has 0 bridgehead atoms. The number of nitrogens with zero attached hydrogens (tertiary/aromatic N) is 4. The highest BCUT2D eigenvalue weighted by Gasteiger charge is 2.35. The number of rotatable bonds is 5. The van der Waals surface area contributed by atoms with E-state index in [4.69, 9.17) is 14.5 Å². The molecule has 0 radical (unpaired) electrons. The average Bonchev–Trinajstić information content (AvgIpc) is 2.79. The summed E-state index contributed by atoms with van der Waals surface area (Å²) < 4.78 is 11.0. The normalized spacial score (nSPS) is 21.9. The Balaban J connectivity index is 1.63. The quantitative estimate of drug-likeness (QED) is 0.808. The third-order valence-electron chi connectivity index (χ3n) is 6.19. The van der Waals surface area contributed by atoms with E-state index in [0.717, 1.165) is 36.9 Å². The number of nitrogens with one attached hydrogen (secondary N) is 1. The fourth-order valence-electron chi connectivity index (χ4n) is 4.10. The lowest BCUT2D eigenvalue weighted by Gasteiger charge is -2.38. The van der Waals surface area contributed by atoms with Crippen molar-refractivity contribution in [1.29, 1.82) is 0 Å². The summed E-state index contributed by atoms with van der Waals surface area (Å²) >= 11 is 0. The number of ether oxygens (including phenoxy) is 2. The van der Waals surface area contributed by atoms with Crippen LogP contribution in [0.5, 0.6) is 0 Å². The van der Waals surface area contributed by atoms with E-state index in [2.05, 4.69) is 15.3 Å². The van der Waals surface area contributed by atoms with Crippen LogP contribution >= 0.6 is 0 Å². The monoisotopic (exact) mass is 411 g/mol. The van der Waals surface area contributed by atoms with Crippen LogP contribution in [0.3, 0.4) is 0 Å². The van der Waals surface area contributed by atoms with Crippen LogP contribution < -0.4 is 10.2 Å². The number of anilines is 2. The minimum Gasteiger partial charge on any atom is -0.381 e. The second-order valence-electron chi connectivity index (χ2n) is 8.36. The van der Waals surface area contributed by atoms with Crippen LogP contribution in [0, 0.1) is 0 Å². The molecule has 1 aliphatic heterocycles. The van der Waals surface area contributed by atoms with E-state index in [0.29, 0.717) is 17.3 Å². The summed E-state index contributed by atoms with van der Waals surface area (Å²) in [6.07, 6.45) is 7.47. The molecule has 1 fully saturated rings. The van der Waals surface area contributed by atoms with Crippen LogP contribution in [0.4, 0.5) is 11.6 Å². The zero-order chi connectivity index (χ0) is 21.3. The Hall–Kier alpha value is -2.58. The van der Waals surface area contributed by atoms with E-state index >= 15 is 0 Å². The predicted octanol–water partition coefficient (Wildman–Crippen LogP) is 3.14. The van der Waals surface area contributed by atoms with Crippen LogP contribution in [-0.2, 0) is 19.9 Å². The Kier molecular flexibility index (Phi) is 5.71. The highest BCUT2D eigenvalue weighted by atomic mass is 16.5. The van der Waals surface area contributed by atoms with Gasteiger partial charge in [-0.05, 0) is 51.7 Å². The SMILES string of the molecule is COC1CCC(N2C(=O)CNc3ncc(-c4ccc(C(C)(C)OC)nc4)nc32)CC1. The largest absolute Gasteiger partial charge is 0.381 e. The molecule has 2 aliphatic rings. The average molecular weight is 412 g/mol. The summed E-state index contributed by atoms with van der Waals surface area (Å²) in [6.45, 7) is 4.19. The summed E-state index contributed by atoms with van der Waals surface area (Å²) in [4.78, 5) is 28.5. The second kappa shape index (κ2) is 8.28. The minimum atomic E-state index is -0.464. The second-order valence-corrected chi connectivity index (χ2v) is 8.36. The molecule has 160 valence electrons. The van der Waals surface area contributed by atoms with E-state index in [1.807, 2.05) is 30.9 Å². The summed E-state index contributed by atoms with van der Waals surface area (Å²) in [7, 11) is 3.42. The molecule has 2 aromatic heterocycles. The molecule has 8 nitrogen and oxygen atoms in total. The molecule has 1 N–H and O–H groups in total. The van der Waals surface area contributed by atoms with Gasteiger partial charge in [0.25, 0.3) is 0 Å². The zero-order valence-corrected chi connectivity index (χ0v) is 18.0. The molecule has 3 heterocycles. The molecule has 30 heavy (non-hydrogen) atoms. The van der Waals surface area contributed by atoms with Gasteiger partial charge in [0.05, 0.1) is 30.2 Å². The van der Waals surface area contributed by atoms with E-state index in [9.17, 15) is 4.79 Å². The Labute approximate surface area is 177 Å². The van der Waals surface area contributed by atoms with Crippen molar-refractivity contribution in [3.63, 3.8) is 0 Å². The number of hydrogen-bond acceptors (Lipinski definition) is 7. The molecule has 0 unspecified atom stereocenters. The summed E-state index contributed by atoms with van der Waals surface area (Å²) in [5.41, 5.74) is 1.92. The van der Waals surface area contributed by atoms with Gasteiger partial charge in [-0.2, -0.15) is 0 Å². The van der Waals surface area contributed by atoms with E-state index in [-0.39, 0.29) is 24.6 Å². The predicted molar refractivity (Wildman–Crippen MR) is 114 cm³/mol. The van der Waals surface area contributed by atoms with Crippen molar-refractivity contribution in [3.05, 3.63) is 30.2 Å². The van der Waals surface area contributed by atoms with Gasteiger partial charge in [0.2, 0.25) is 5.91 Å². The first kappa shape index (κ1) is 20.7. The number of methoxy groups -OCH3 is 2. The van der Waals surface area contributed by atoms with E-state index < -0.39 is 5.60 Å². The van der Waals surface area contributed by atoms with Gasteiger partial charge in [-0.1, -0.05) is 0 Å². The summed E-state index contributed by atoms with van der Waals surface area (Å²) in [5.74, 6) is 1.29. The molecule has 1 amide bonds. The molecule has 0 spiro atoms. The Bertz CT molecular complexity index is 907. The molecule has 1 saturated carbocycles. The number of aromatic nitrogens is 3. The van der Waals surface area contributed by atoms with Crippen LogP contribution in [0.1, 0.15) is 45.2 Å². The van der Waals surface area contributed by atoms with Gasteiger partial charge in [0.1, 0.15) is 5.60 Å².